The zero-order chi connectivity index (χ0) is 14.8. The fraction of sp³-hybridized carbons (Fsp3) is 0.786. The van der Waals surface area contributed by atoms with Gasteiger partial charge >= 0.3 is 0 Å². The molecule has 0 spiro atoms. The van der Waals surface area contributed by atoms with Gasteiger partial charge in [0.1, 0.15) is 0 Å². The maximum atomic E-state index is 12.5. The summed E-state index contributed by atoms with van der Waals surface area (Å²) < 4.78 is 5.04. The van der Waals surface area contributed by atoms with Gasteiger partial charge in [-0.2, -0.15) is 4.98 Å². The van der Waals surface area contributed by atoms with Crippen molar-refractivity contribution in [1.29, 1.82) is 0 Å². The van der Waals surface area contributed by atoms with Crippen LogP contribution in [0.25, 0.3) is 0 Å². The van der Waals surface area contributed by atoms with Crippen molar-refractivity contribution in [3.8, 4) is 0 Å². The standard InChI is InChI=1S/C14H21N3O3S/c1-9-15-13(20-16-9)7-21-8-14(19)17-10-3-2-4-11(17)6-12(18)5-10/h10-12,18H,2-8H2,1H3/t10-,11+,12?. The first-order chi connectivity index (χ1) is 10.1. The fourth-order valence-electron chi connectivity index (χ4n) is 3.46. The molecule has 1 aromatic rings. The molecule has 1 N–H and O–H groups in total. The predicted octanol–water partition coefficient (Wildman–Crippen LogP) is 1.52. The number of piperidine rings is 2. The Bertz CT molecular complexity index is 493. The van der Waals surface area contributed by atoms with Crippen molar-refractivity contribution in [3.05, 3.63) is 11.7 Å². The van der Waals surface area contributed by atoms with Crippen LogP contribution >= 0.6 is 11.8 Å². The molecule has 2 fully saturated rings. The highest BCUT2D eigenvalue weighted by molar-refractivity contribution is 7.99. The molecule has 7 heteroatoms. The second-order valence-corrected chi connectivity index (χ2v) is 6.88. The normalized spacial score (nSPS) is 28.7. The second-order valence-electron chi connectivity index (χ2n) is 5.89. The monoisotopic (exact) mass is 311 g/mol. The van der Waals surface area contributed by atoms with Crippen LogP contribution in [0.3, 0.4) is 0 Å². The number of carbonyl (C=O) groups excluding carboxylic acids is 1. The van der Waals surface area contributed by atoms with Gasteiger partial charge in [-0.15, -0.1) is 11.8 Å². The van der Waals surface area contributed by atoms with E-state index in [9.17, 15) is 9.90 Å². The zero-order valence-corrected chi connectivity index (χ0v) is 13.0. The molecule has 2 saturated heterocycles. The molecular formula is C14H21N3O3S. The smallest absolute Gasteiger partial charge is 0.236 e. The lowest BCUT2D eigenvalue weighted by molar-refractivity contribution is -0.140. The molecule has 3 heterocycles. The van der Waals surface area contributed by atoms with E-state index in [1.54, 1.807) is 6.92 Å². The number of thioether (sulfide) groups is 1. The quantitative estimate of drug-likeness (QED) is 0.908. The minimum absolute atomic E-state index is 0.179. The van der Waals surface area contributed by atoms with Gasteiger partial charge in [0.25, 0.3) is 0 Å². The summed E-state index contributed by atoms with van der Waals surface area (Å²) in [6, 6.07) is 0.456. The summed E-state index contributed by atoms with van der Waals surface area (Å²) in [6.07, 6.45) is 4.43. The van der Waals surface area contributed by atoms with E-state index in [0.717, 1.165) is 25.7 Å². The first-order valence-corrected chi connectivity index (χ1v) is 8.65. The number of rotatable bonds is 4. The molecule has 0 radical (unpaired) electrons. The highest BCUT2D eigenvalue weighted by atomic mass is 32.2. The van der Waals surface area contributed by atoms with E-state index in [-0.39, 0.29) is 24.1 Å². The third kappa shape index (κ3) is 3.40. The van der Waals surface area contributed by atoms with Crippen LogP contribution in [0.5, 0.6) is 0 Å². The van der Waals surface area contributed by atoms with Crippen LogP contribution < -0.4 is 0 Å². The van der Waals surface area contributed by atoms with Gasteiger partial charge in [0.15, 0.2) is 5.82 Å². The average molecular weight is 311 g/mol. The fourth-order valence-corrected chi connectivity index (χ4v) is 4.18. The Morgan fingerprint density at radius 3 is 2.76 bits per heavy atom. The van der Waals surface area contributed by atoms with E-state index in [4.69, 9.17) is 4.52 Å². The second kappa shape index (κ2) is 6.36. The molecule has 21 heavy (non-hydrogen) atoms. The van der Waals surface area contributed by atoms with Crippen molar-refractivity contribution in [1.82, 2.24) is 15.0 Å². The van der Waals surface area contributed by atoms with Crippen molar-refractivity contribution >= 4 is 17.7 Å². The van der Waals surface area contributed by atoms with Gasteiger partial charge in [0.05, 0.1) is 17.6 Å². The molecule has 0 aromatic carbocycles. The Balaban J connectivity index is 1.53. The lowest BCUT2D eigenvalue weighted by atomic mass is 9.83. The van der Waals surface area contributed by atoms with Gasteiger partial charge in [-0.1, -0.05) is 5.16 Å². The first-order valence-electron chi connectivity index (χ1n) is 7.49. The SMILES string of the molecule is Cc1noc(CSCC(=O)N2[C@@H]3CCC[C@H]2CC(O)C3)n1. The van der Waals surface area contributed by atoms with Crippen LogP contribution in [0.1, 0.15) is 43.8 Å². The van der Waals surface area contributed by atoms with Gasteiger partial charge in [-0.25, -0.2) is 0 Å². The van der Waals surface area contributed by atoms with Crippen LogP contribution in [0.2, 0.25) is 0 Å². The van der Waals surface area contributed by atoms with E-state index in [2.05, 4.69) is 10.1 Å². The van der Waals surface area contributed by atoms with Gasteiger partial charge in [0.2, 0.25) is 11.8 Å². The minimum atomic E-state index is -0.238. The number of hydrogen-bond donors (Lipinski definition) is 1. The van der Waals surface area contributed by atoms with Crippen LogP contribution in [-0.4, -0.2) is 50.0 Å². The number of aryl methyl sites for hydroxylation is 1. The van der Waals surface area contributed by atoms with Crippen molar-refractivity contribution in [2.75, 3.05) is 5.75 Å². The Morgan fingerprint density at radius 2 is 2.14 bits per heavy atom. The number of carbonyl (C=O) groups is 1. The van der Waals surface area contributed by atoms with Crippen molar-refractivity contribution in [2.24, 2.45) is 0 Å². The van der Waals surface area contributed by atoms with Crippen molar-refractivity contribution < 1.29 is 14.4 Å². The topological polar surface area (TPSA) is 79.5 Å². The molecule has 0 saturated carbocycles. The Kier molecular flexibility index (Phi) is 4.49. The third-order valence-corrected chi connectivity index (χ3v) is 5.16. The lowest BCUT2D eigenvalue weighted by Gasteiger charge is -2.47. The molecule has 2 aliphatic rings. The van der Waals surface area contributed by atoms with E-state index < -0.39 is 0 Å². The molecule has 1 unspecified atom stereocenters. The Labute approximate surface area is 128 Å². The maximum Gasteiger partial charge on any atom is 0.236 e. The van der Waals surface area contributed by atoms with Crippen LogP contribution in [0, 0.1) is 6.92 Å². The van der Waals surface area contributed by atoms with E-state index in [1.165, 1.54) is 18.2 Å². The Morgan fingerprint density at radius 1 is 1.43 bits per heavy atom. The molecular weight excluding hydrogens is 290 g/mol. The highest BCUT2D eigenvalue weighted by Gasteiger charge is 2.39. The van der Waals surface area contributed by atoms with Crippen LogP contribution in [0.15, 0.2) is 4.52 Å². The first kappa shape index (κ1) is 14.8. The number of aliphatic hydroxyl groups excluding tert-OH is 1. The average Bonchev–Trinajstić information content (AvgIpc) is 2.83. The minimum Gasteiger partial charge on any atom is -0.393 e. The number of aliphatic hydroxyl groups is 1. The van der Waals surface area contributed by atoms with Crippen LogP contribution in [0.4, 0.5) is 0 Å². The summed E-state index contributed by atoms with van der Waals surface area (Å²) in [4.78, 5) is 18.6. The molecule has 116 valence electrons. The number of nitrogens with zero attached hydrogens (tertiary/aromatic N) is 3. The molecule has 6 nitrogen and oxygen atoms in total. The number of amides is 1. The molecule has 2 bridgehead atoms. The van der Waals surface area contributed by atoms with Gasteiger partial charge < -0.3 is 14.5 Å². The summed E-state index contributed by atoms with van der Waals surface area (Å²) in [5, 5.41) is 13.6. The maximum absolute atomic E-state index is 12.5. The summed E-state index contributed by atoms with van der Waals surface area (Å²) in [5.41, 5.74) is 0. The number of fused-ring (bicyclic) bond motifs is 2. The zero-order valence-electron chi connectivity index (χ0n) is 12.2. The molecule has 3 atom stereocenters. The van der Waals surface area contributed by atoms with E-state index in [0.29, 0.717) is 23.2 Å². The Hall–Kier alpha value is -1.08. The summed E-state index contributed by atoms with van der Waals surface area (Å²) in [5.74, 6) is 2.37. The summed E-state index contributed by atoms with van der Waals surface area (Å²) in [7, 11) is 0. The van der Waals surface area contributed by atoms with Crippen molar-refractivity contribution in [3.63, 3.8) is 0 Å². The third-order valence-electron chi connectivity index (χ3n) is 4.26. The molecule has 0 aliphatic carbocycles. The molecule has 3 rings (SSSR count). The van der Waals surface area contributed by atoms with E-state index in [1.807, 2.05) is 4.90 Å². The van der Waals surface area contributed by atoms with Gasteiger partial charge in [-0.3, -0.25) is 4.79 Å². The highest BCUT2D eigenvalue weighted by Crippen LogP contribution is 2.34. The summed E-state index contributed by atoms with van der Waals surface area (Å²) in [6.45, 7) is 1.78. The van der Waals surface area contributed by atoms with Crippen LogP contribution in [-0.2, 0) is 10.5 Å². The predicted molar refractivity (Wildman–Crippen MR) is 78.7 cm³/mol. The van der Waals surface area contributed by atoms with Crippen molar-refractivity contribution in [2.45, 2.75) is 63.0 Å². The molecule has 1 aromatic heterocycles. The number of aromatic nitrogens is 2. The summed E-state index contributed by atoms with van der Waals surface area (Å²) >= 11 is 1.51. The van der Waals surface area contributed by atoms with Gasteiger partial charge in [0, 0.05) is 12.1 Å². The number of hydrogen-bond acceptors (Lipinski definition) is 6. The van der Waals surface area contributed by atoms with Gasteiger partial charge in [-0.05, 0) is 39.0 Å². The molecule has 2 aliphatic heterocycles. The molecule has 1 amide bonds. The lowest BCUT2D eigenvalue weighted by Crippen LogP contribution is -2.56. The van der Waals surface area contributed by atoms with E-state index >= 15 is 0 Å². The largest absolute Gasteiger partial charge is 0.393 e.